The summed E-state index contributed by atoms with van der Waals surface area (Å²) >= 11 is 0. The smallest absolute Gasteiger partial charge is 0.340 e. The van der Waals surface area contributed by atoms with Crippen molar-refractivity contribution in [1.29, 1.82) is 0 Å². The summed E-state index contributed by atoms with van der Waals surface area (Å²) in [5, 5.41) is 3.10. The maximum Gasteiger partial charge on any atom is 0.340 e. The van der Waals surface area contributed by atoms with Gasteiger partial charge in [-0.25, -0.2) is 13.6 Å². The predicted octanol–water partition coefficient (Wildman–Crippen LogP) is 2.56. The molecule has 0 aliphatic heterocycles. The minimum Gasteiger partial charge on any atom is -0.465 e. The van der Waals surface area contributed by atoms with Crippen molar-refractivity contribution in [3.05, 3.63) is 45.3 Å². The van der Waals surface area contributed by atoms with Crippen molar-refractivity contribution in [3.63, 3.8) is 0 Å². The molecule has 0 N–H and O–H groups in total. The normalized spacial score (nSPS) is 9.44. The zero-order valence-corrected chi connectivity index (χ0v) is 8.28. The number of benzene rings is 1. The number of esters is 1. The molecule has 0 fully saturated rings. The van der Waals surface area contributed by atoms with Gasteiger partial charge in [0.05, 0.1) is 19.2 Å². The van der Waals surface area contributed by atoms with Crippen LogP contribution in [0.3, 0.4) is 0 Å². The van der Waals surface area contributed by atoms with Crippen molar-refractivity contribution in [3.8, 4) is 0 Å². The van der Waals surface area contributed by atoms with Gasteiger partial charge in [0.2, 0.25) is 0 Å². The summed E-state index contributed by atoms with van der Waals surface area (Å²) in [6, 6.07) is 1.51. The highest BCUT2D eigenvalue weighted by Crippen LogP contribution is 2.16. The topological polar surface area (TPSA) is 75.1 Å². The van der Waals surface area contributed by atoms with Gasteiger partial charge >= 0.3 is 5.97 Å². The Morgan fingerprint density at radius 2 is 2.19 bits per heavy atom. The van der Waals surface area contributed by atoms with Crippen LogP contribution in [0.4, 0.5) is 8.78 Å². The van der Waals surface area contributed by atoms with E-state index >= 15 is 0 Å². The third-order valence-electron chi connectivity index (χ3n) is 1.85. The lowest BCUT2D eigenvalue weighted by atomic mass is 10.1. The lowest BCUT2D eigenvalue weighted by Gasteiger charge is -2.04. The van der Waals surface area contributed by atoms with E-state index < -0.39 is 23.2 Å². The zero-order valence-electron chi connectivity index (χ0n) is 8.28. The summed E-state index contributed by atoms with van der Waals surface area (Å²) in [5.74, 6) is -2.71. The van der Waals surface area contributed by atoms with Gasteiger partial charge in [-0.15, -0.1) is 0 Å². The molecule has 0 aliphatic carbocycles. The number of rotatable bonds is 3. The van der Waals surface area contributed by atoms with Gasteiger partial charge in [0.1, 0.15) is 11.6 Å². The number of halogens is 2. The van der Waals surface area contributed by atoms with E-state index in [0.29, 0.717) is 6.07 Å². The molecule has 5 nitrogen and oxygen atoms in total. The third kappa shape index (κ3) is 2.46. The van der Waals surface area contributed by atoms with Crippen molar-refractivity contribution in [1.82, 2.24) is 0 Å². The number of hydrogen-bond acceptors (Lipinski definition) is 3. The van der Waals surface area contributed by atoms with Gasteiger partial charge < -0.3 is 4.74 Å². The lowest BCUT2D eigenvalue weighted by molar-refractivity contribution is 0.0595. The fraction of sp³-hybridized carbons (Fsp3) is 0.222. The second kappa shape index (κ2) is 5.09. The fourth-order valence-corrected chi connectivity index (χ4v) is 1.08. The van der Waals surface area contributed by atoms with Crippen LogP contribution < -0.4 is 0 Å². The first-order chi connectivity index (χ1) is 7.60. The molecule has 7 heteroatoms. The van der Waals surface area contributed by atoms with Crippen LogP contribution >= 0.6 is 0 Å². The molecule has 0 unspecified atom stereocenters. The standard InChI is InChI=1S/C9H7F2N3O2/c1-16-9(15)6-3-7(10)5(2-8(6)11)4-13-14-12/h2-3H,4H2,1H3. The SMILES string of the molecule is COC(=O)c1cc(F)c(CN=[N+]=[N-])cc1F. The molecule has 1 rings (SSSR count). The second-order valence-corrected chi connectivity index (χ2v) is 2.80. The Labute approximate surface area is 89.3 Å². The monoisotopic (exact) mass is 227 g/mol. The molecule has 16 heavy (non-hydrogen) atoms. The van der Waals surface area contributed by atoms with Crippen molar-refractivity contribution in [2.45, 2.75) is 6.54 Å². The van der Waals surface area contributed by atoms with Crippen LogP contribution in [0.2, 0.25) is 0 Å². The number of carbonyl (C=O) groups is 1. The summed E-state index contributed by atoms with van der Waals surface area (Å²) in [7, 11) is 1.06. The summed E-state index contributed by atoms with van der Waals surface area (Å²) in [6.07, 6.45) is 0. The predicted molar refractivity (Wildman–Crippen MR) is 50.5 cm³/mol. The quantitative estimate of drug-likeness (QED) is 0.344. The maximum atomic E-state index is 13.3. The molecule has 0 saturated heterocycles. The largest absolute Gasteiger partial charge is 0.465 e. The van der Waals surface area contributed by atoms with E-state index in [0.717, 1.165) is 13.2 Å². The van der Waals surface area contributed by atoms with E-state index in [1.54, 1.807) is 0 Å². The van der Waals surface area contributed by atoms with Gasteiger partial charge in [-0.3, -0.25) is 0 Å². The van der Waals surface area contributed by atoms with Gasteiger partial charge in [0, 0.05) is 4.91 Å². The highest BCUT2D eigenvalue weighted by Gasteiger charge is 2.15. The Morgan fingerprint density at radius 1 is 1.50 bits per heavy atom. The summed E-state index contributed by atoms with van der Waals surface area (Å²) in [5.41, 5.74) is 7.42. The van der Waals surface area contributed by atoms with E-state index in [1.165, 1.54) is 0 Å². The summed E-state index contributed by atoms with van der Waals surface area (Å²) in [6.45, 7) is -0.319. The van der Waals surface area contributed by atoms with E-state index in [2.05, 4.69) is 14.8 Å². The Hall–Kier alpha value is -2.14. The summed E-state index contributed by atoms with van der Waals surface area (Å²) in [4.78, 5) is 13.4. The minimum absolute atomic E-state index is 0.122. The first-order valence-electron chi connectivity index (χ1n) is 4.17. The van der Waals surface area contributed by atoms with Crippen LogP contribution in [-0.2, 0) is 11.3 Å². The Kier molecular flexibility index (Phi) is 3.79. The summed E-state index contributed by atoms with van der Waals surface area (Å²) < 4.78 is 30.9. The van der Waals surface area contributed by atoms with Gasteiger partial charge in [-0.2, -0.15) is 0 Å². The van der Waals surface area contributed by atoms with Crippen LogP contribution in [-0.4, -0.2) is 13.1 Å². The van der Waals surface area contributed by atoms with Crippen molar-refractivity contribution >= 4 is 5.97 Å². The van der Waals surface area contributed by atoms with E-state index in [4.69, 9.17) is 5.53 Å². The van der Waals surface area contributed by atoms with Crippen LogP contribution in [0.1, 0.15) is 15.9 Å². The van der Waals surface area contributed by atoms with Gasteiger partial charge in [0.25, 0.3) is 0 Å². The van der Waals surface area contributed by atoms with Gasteiger partial charge in [0.15, 0.2) is 0 Å². The average Bonchev–Trinajstić information content (AvgIpc) is 2.28. The molecule has 1 aromatic rings. The zero-order chi connectivity index (χ0) is 12.1. The molecular formula is C9H7F2N3O2. The van der Waals surface area contributed by atoms with Gasteiger partial charge in [-0.1, -0.05) is 5.11 Å². The number of nitrogens with zero attached hydrogens (tertiary/aromatic N) is 3. The third-order valence-corrected chi connectivity index (χ3v) is 1.85. The first-order valence-corrected chi connectivity index (χ1v) is 4.17. The molecule has 0 radical (unpaired) electrons. The van der Waals surface area contributed by atoms with Crippen LogP contribution in [0.5, 0.6) is 0 Å². The van der Waals surface area contributed by atoms with Gasteiger partial charge in [-0.05, 0) is 23.2 Å². The highest BCUT2D eigenvalue weighted by atomic mass is 19.1. The Morgan fingerprint density at radius 3 is 2.75 bits per heavy atom. The van der Waals surface area contributed by atoms with Crippen molar-refractivity contribution in [2.24, 2.45) is 5.11 Å². The highest BCUT2D eigenvalue weighted by molar-refractivity contribution is 5.89. The lowest BCUT2D eigenvalue weighted by Crippen LogP contribution is -2.06. The molecule has 0 heterocycles. The molecule has 1 aromatic carbocycles. The van der Waals surface area contributed by atoms with E-state index in [-0.39, 0.29) is 12.1 Å². The van der Waals surface area contributed by atoms with Crippen LogP contribution in [0, 0.1) is 11.6 Å². The molecule has 0 bridgehead atoms. The fourth-order valence-electron chi connectivity index (χ4n) is 1.08. The number of methoxy groups -OCH3 is 1. The molecular weight excluding hydrogens is 220 g/mol. The van der Waals surface area contributed by atoms with Crippen LogP contribution in [0.15, 0.2) is 17.2 Å². The molecule has 0 atom stereocenters. The number of hydrogen-bond donors (Lipinski definition) is 0. The second-order valence-electron chi connectivity index (χ2n) is 2.80. The van der Waals surface area contributed by atoms with Crippen molar-refractivity contribution < 1.29 is 18.3 Å². The molecule has 0 saturated carbocycles. The number of azide groups is 1. The average molecular weight is 227 g/mol. The number of carbonyl (C=O) groups excluding carboxylic acids is 1. The molecule has 0 spiro atoms. The van der Waals surface area contributed by atoms with Crippen LogP contribution in [0.25, 0.3) is 10.4 Å². The molecule has 0 amide bonds. The molecule has 84 valence electrons. The first kappa shape index (κ1) is 11.9. The maximum absolute atomic E-state index is 13.3. The van der Waals surface area contributed by atoms with E-state index in [9.17, 15) is 13.6 Å². The van der Waals surface area contributed by atoms with Crippen molar-refractivity contribution in [2.75, 3.05) is 7.11 Å². The Balaban J connectivity index is 3.15. The molecule has 0 aliphatic rings. The Bertz CT molecular complexity index is 470. The molecule has 0 aromatic heterocycles. The number of ether oxygens (including phenoxy) is 1. The minimum atomic E-state index is -0.966. The van der Waals surface area contributed by atoms with E-state index in [1.807, 2.05) is 0 Å².